The molecule has 1 aliphatic heterocycles. The van der Waals surface area contributed by atoms with Crippen molar-refractivity contribution in [2.24, 2.45) is 0 Å². The Bertz CT molecular complexity index is 371. The molecule has 1 aliphatic rings. The number of thioether (sulfide) groups is 1. The summed E-state index contributed by atoms with van der Waals surface area (Å²) < 4.78 is 0. The number of carbonyl (C=O) groups excluding carboxylic acids is 1. The van der Waals surface area contributed by atoms with Gasteiger partial charge in [0.1, 0.15) is 10.8 Å². The van der Waals surface area contributed by atoms with Crippen LogP contribution in [-0.4, -0.2) is 41.8 Å². The molecule has 2 heterocycles. The Labute approximate surface area is 92.3 Å². The number of carbonyl (C=O) groups is 1. The number of nitrogens with one attached hydrogen (secondary N) is 1. The molecule has 0 aromatic carbocycles. The highest BCUT2D eigenvalue weighted by Crippen LogP contribution is 2.15. The van der Waals surface area contributed by atoms with Gasteiger partial charge in [-0.1, -0.05) is 0 Å². The first kappa shape index (κ1) is 10.2. The van der Waals surface area contributed by atoms with Crippen LogP contribution in [0.4, 0.5) is 5.82 Å². The van der Waals surface area contributed by atoms with Crippen molar-refractivity contribution in [1.82, 2.24) is 15.3 Å². The lowest BCUT2D eigenvalue weighted by Crippen LogP contribution is -2.48. The van der Waals surface area contributed by atoms with E-state index in [1.807, 2.05) is 11.2 Å². The van der Waals surface area contributed by atoms with Gasteiger partial charge < -0.3 is 10.2 Å². The molecular weight excluding hydrogens is 212 g/mol. The van der Waals surface area contributed by atoms with Gasteiger partial charge in [-0.2, -0.15) is 0 Å². The zero-order valence-electron chi connectivity index (χ0n) is 8.43. The van der Waals surface area contributed by atoms with Crippen molar-refractivity contribution >= 4 is 23.5 Å². The molecule has 5 nitrogen and oxygen atoms in total. The number of aromatic nitrogens is 2. The van der Waals surface area contributed by atoms with E-state index in [1.54, 1.807) is 24.2 Å². The van der Waals surface area contributed by atoms with Gasteiger partial charge in [0.2, 0.25) is 5.91 Å². The molecule has 1 fully saturated rings. The zero-order chi connectivity index (χ0) is 10.7. The van der Waals surface area contributed by atoms with E-state index in [0.717, 1.165) is 17.4 Å². The van der Waals surface area contributed by atoms with Gasteiger partial charge in [-0.3, -0.25) is 9.78 Å². The van der Waals surface area contributed by atoms with Gasteiger partial charge in [0.15, 0.2) is 0 Å². The molecule has 2 rings (SSSR count). The quantitative estimate of drug-likeness (QED) is 0.724. The fraction of sp³-hybridized carbons (Fsp3) is 0.444. The highest BCUT2D eigenvalue weighted by molar-refractivity contribution is 7.98. The van der Waals surface area contributed by atoms with Crippen molar-refractivity contribution in [3.63, 3.8) is 0 Å². The third-order valence-corrected chi connectivity index (χ3v) is 2.79. The summed E-state index contributed by atoms with van der Waals surface area (Å²) in [5.74, 6) is 0.814. The van der Waals surface area contributed by atoms with E-state index < -0.39 is 0 Å². The Morgan fingerprint density at radius 2 is 2.40 bits per heavy atom. The van der Waals surface area contributed by atoms with Gasteiger partial charge in [-0.25, -0.2) is 4.98 Å². The fourth-order valence-corrected chi connectivity index (χ4v) is 1.77. The standard InChI is InChI=1S/C9H12N4OS/c1-15-9-5-10-4-7(12-9)13-3-2-11-8(14)6-13/h4-5H,2-3,6H2,1H3,(H,11,14). The highest BCUT2D eigenvalue weighted by Gasteiger charge is 2.17. The van der Waals surface area contributed by atoms with Crippen LogP contribution >= 0.6 is 11.8 Å². The number of hydrogen-bond acceptors (Lipinski definition) is 5. The lowest BCUT2D eigenvalue weighted by atomic mass is 10.3. The molecule has 6 heteroatoms. The summed E-state index contributed by atoms with van der Waals surface area (Å²) in [4.78, 5) is 21.6. The molecule has 0 aliphatic carbocycles. The van der Waals surface area contributed by atoms with Crippen molar-refractivity contribution < 1.29 is 4.79 Å². The van der Waals surface area contributed by atoms with Crippen LogP contribution < -0.4 is 10.2 Å². The molecule has 0 atom stereocenters. The average molecular weight is 224 g/mol. The van der Waals surface area contributed by atoms with Gasteiger partial charge in [0.05, 0.1) is 18.9 Å². The molecule has 0 unspecified atom stereocenters. The maximum absolute atomic E-state index is 11.2. The van der Waals surface area contributed by atoms with Gasteiger partial charge in [0.25, 0.3) is 0 Å². The van der Waals surface area contributed by atoms with Crippen LogP contribution in [0.15, 0.2) is 17.4 Å². The summed E-state index contributed by atoms with van der Waals surface area (Å²) in [7, 11) is 0. The van der Waals surface area contributed by atoms with Crippen molar-refractivity contribution in [3.05, 3.63) is 12.4 Å². The molecule has 1 aromatic heterocycles. The Hall–Kier alpha value is -1.30. The summed E-state index contributed by atoms with van der Waals surface area (Å²) in [5.41, 5.74) is 0. The minimum atomic E-state index is 0.0394. The van der Waals surface area contributed by atoms with E-state index in [-0.39, 0.29) is 5.91 Å². The summed E-state index contributed by atoms with van der Waals surface area (Å²) in [6.07, 6.45) is 5.37. The Kier molecular flexibility index (Phi) is 3.05. The average Bonchev–Trinajstić information content (AvgIpc) is 2.29. The molecule has 15 heavy (non-hydrogen) atoms. The van der Waals surface area contributed by atoms with E-state index in [2.05, 4.69) is 15.3 Å². The van der Waals surface area contributed by atoms with Crippen LogP contribution in [-0.2, 0) is 4.79 Å². The summed E-state index contributed by atoms with van der Waals surface area (Å²) in [5, 5.41) is 3.65. The Morgan fingerprint density at radius 3 is 3.13 bits per heavy atom. The molecule has 1 aromatic rings. The fourth-order valence-electron chi connectivity index (χ4n) is 1.42. The third kappa shape index (κ3) is 2.38. The lowest BCUT2D eigenvalue weighted by molar-refractivity contribution is -0.120. The van der Waals surface area contributed by atoms with Crippen LogP contribution in [0.2, 0.25) is 0 Å². The second-order valence-corrected chi connectivity index (χ2v) is 4.02. The molecule has 0 radical (unpaired) electrons. The number of hydrogen-bond donors (Lipinski definition) is 1. The Morgan fingerprint density at radius 1 is 1.53 bits per heavy atom. The summed E-state index contributed by atoms with van der Waals surface area (Å²) in [6.45, 7) is 1.83. The largest absolute Gasteiger partial charge is 0.353 e. The van der Waals surface area contributed by atoms with E-state index in [0.29, 0.717) is 13.1 Å². The monoisotopic (exact) mass is 224 g/mol. The second kappa shape index (κ2) is 4.48. The van der Waals surface area contributed by atoms with Crippen LogP contribution in [0, 0.1) is 0 Å². The SMILES string of the molecule is CSc1cncc(N2CCNC(=O)C2)n1. The molecular formula is C9H12N4OS. The molecule has 0 bridgehead atoms. The predicted molar refractivity (Wildman–Crippen MR) is 59.0 cm³/mol. The number of nitrogens with zero attached hydrogens (tertiary/aromatic N) is 3. The zero-order valence-corrected chi connectivity index (χ0v) is 9.25. The smallest absolute Gasteiger partial charge is 0.239 e. The van der Waals surface area contributed by atoms with Crippen molar-refractivity contribution in [2.75, 3.05) is 30.8 Å². The third-order valence-electron chi connectivity index (χ3n) is 2.17. The number of piperazine rings is 1. The normalized spacial score (nSPS) is 16.3. The minimum Gasteiger partial charge on any atom is -0.353 e. The predicted octanol–water partition coefficient (Wildman–Crippen LogP) is 0.135. The van der Waals surface area contributed by atoms with Crippen LogP contribution in [0.25, 0.3) is 0 Å². The number of anilines is 1. The van der Waals surface area contributed by atoms with Crippen molar-refractivity contribution in [1.29, 1.82) is 0 Å². The first-order chi connectivity index (χ1) is 7.29. The van der Waals surface area contributed by atoms with Crippen LogP contribution in [0.3, 0.4) is 0 Å². The van der Waals surface area contributed by atoms with Gasteiger partial charge >= 0.3 is 0 Å². The number of amides is 1. The number of rotatable bonds is 2. The maximum atomic E-state index is 11.2. The molecule has 0 spiro atoms. The van der Waals surface area contributed by atoms with Crippen LogP contribution in [0.1, 0.15) is 0 Å². The minimum absolute atomic E-state index is 0.0394. The van der Waals surface area contributed by atoms with Crippen molar-refractivity contribution in [2.45, 2.75) is 5.03 Å². The first-order valence-electron chi connectivity index (χ1n) is 4.67. The summed E-state index contributed by atoms with van der Waals surface area (Å²) in [6, 6.07) is 0. The van der Waals surface area contributed by atoms with Gasteiger partial charge in [-0.05, 0) is 6.26 Å². The lowest BCUT2D eigenvalue weighted by Gasteiger charge is -2.27. The topological polar surface area (TPSA) is 58.1 Å². The Balaban J connectivity index is 2.17. The maximum Gasteiger partial charge on any atom is 0.239 e. The van der Waals surface area contributed by atoms with E-state index in [1.165, 1.54) is 0 Å². The van der Waals surface area contributed by atoms with E-state index in [4.69, 9.17) is 0 Å². The molecule has 0 saturated carbocycles. The second-order valence-electron chi connectivity index (χ2n) is 3.19. The van der Waals surface area contributed by atoms with Crippen LogP contribution in [0.5, 0.6) is 0 Å². The molecule has 1 amide bonds. The molecule has 80 valence electrons. The molecule has 1 N–H and O–H groups in total. The highest BCUT2D eigenvalue weighted by atomic mass is 32.2. The summed E-state index contributed by atoms with van der Waals surface area (Å²) >= 11 is 1.55. The van der Waals surface area contributed by atoms with E-state index in [9.17, 15) is 4.79 Å². The van der Waals surface area contributed by atoms with Gasteiger partial charge in [-0.15, -0.1) is 11.8 Å². The first-order valence-corrected chi connectivity index (χ1v) is 5.90. The molecule has 1 saturated heterocycles. The van der Waals surface area contributed by atoms with Gasteiger partial charge in [0, 0.05) is 13.1 Å². The van der Waals surface area contributed by atoms with E-state index >= 15 is 0 Å². The van der Waals surface area contributed by atoms with Crippen molar-refractivity contribution in [3.8, 4) is 0 Å².